The molecule has 0 atom stereocenters. The van der Waals surface area contributed by atoms with E-state index in [9.17, 15) is 4.79 Å². The lowest BCUT2D eigenvalue weighted by molar-refractivity contribution is -0.117. The third kappa shape index (κ3) is 6.43. The normalized spacial score (nSPS) is 14.2. The van der Waals surface area contributed by atoms with E-state index < -0.39 is 0 Å². The van der Waals surface area contributed by atoms with E-state index in [0.29, 0.717) is 17.1 Å². The maximum Gasteiger partial charge on any atom is 0.239 e. The summed E-state index contributed by atoms with van der Waals surface area (Å²) in [5.41, 5.74) is 8.35. The lowest BCUT2D eigenvalue weighted by atomic mass is 9.97. The largest absolute Gasteiger partial charge is 0.479 e. The topological polar surface area (TPSA) is 142 Å². The fourth-order valence-corrected chi connectivity index (χ4v) is 5.27. The molecular weight excluding hydrogens is 464 g/mol. The van der Waals surface area contributed by atoms with Crippen LogP contribution in [0.3, 0.4) is 0 Å². The van der Waals surface area contributed by atoms with Gasteiger partial charge in [-0.15, -0.1) is 11.3 Å². The zero-order valence-corrected chi connectivity index (χ0v) is 21.4. The minimum absolute atomic E-state index is 0.262. The second kappa shape index (κ2) is 13.0. The maximum absolute atomic E-state index is 9.93. The quantitative estimate of drug-likeness (QED) is 0.310. The second-order valence-electron chi connectivity index (χ2n) is 8.25. The Kier molecular flexibility index (Phi) is 9.74. The molecule has 5 rings (SSSR count). The number of anilines is 3. The number of nitrogen functional groups attached to an aromatic ring is 1. The van der Waals surface area contributed by atoms with Crippen molar-refractivity contribution in [2.75, 3.05) is 45.3 Å². The molecule has 10 nitrogen and oxygen atoms in total. The van der Waals surface area contributed by atoms with Crippen LogP contribution in [-0.4, -0.2) is 66.8 Å². The number of rotatable bonds is 5. The fraction of sp³-hybridized carbons (Fsp3) is 0.458. The first-order valence-corrected chi connectivity index (χ1v) is 12.5. The highest BCUT2D eigenvalue weighted by atomic mass is 32.1. The number of nitrogens with two attached hydrogens (primary N) is 1. The van der Waals surface area contributed by atoms with E-state index >= 15 is 0 Å². The lowest BCUT2D eigenvalue weighted by Gasteiger charge is -2.14. The number of carbonyl (C=O) groups is 1. The number of amides is 1. The van der Waals surface area contributed by atoms with Gasteiger partial charge >= 0.3 is 0 Å². The van der Waals surface area contributed by atoms with Crippen LogP contribution in [-0.2, 0) is 17.6 Å². The first-order chi connectivity index (χ1) is 17.1. The highest BCUT2D eigenvalue weighted by Crippen LogP contribution is 2.39. The minimum atomic E-state index is 0.262. The maximum atomic E-state index is 9.93. The van der Waals surface area contributed by atoms with Gasteiger partial charge < -0.3 is 31.4 Å². The Morgan fingerprint density at radius 3 is 2.51 bits per heavy atom. The monoisotopic (exact) mass is 498 g/mol. The molecule has 35 heavy (non-hydrogen) atoms. The number of thiophene rings is 1. The fourth-order valence-electron chi connectivity index (χ4n) is 4.05. The average Bonchev–Trinajstić information content (AvgIpc) is 3.54. The van der Waals surface area contributed by atoms with Crippen LogP contribution in [0, 0.1) is 5.41 Å². The van der Waals surface area contributed by atoms with Crippen molar-refractivity contribution in [2.24, 2.45) is 0 Å². The van der Waals surface area contributed by atoms with Crippen LogP contribution in [0.2, 0.25) is 0 Å². The van der Waals surface area contributed by atoms with Gasteiger partial charge in [0.25, 0.3) is 0 Å². The first kappa shape index (κ1) is 26.3. The number of hydrogen-bond acceptors (Lipinski definition) is 10. The van der Waals surface area contributed by atoms with E-state index in [1.54, 1.807) is 35.7 Å². The number of pyridine rings is 1. The van der Waals surface area contributed by atoms with Crippen molar-refractivity contribution >= 4 is 51.5 Å². The van der Waals surface area contributed by atoms with Gasteiger partial charge in [0, 0.05) is 29.7 Å². The molecule has 188 valence electrons. The molecule has 0 aromatic carbocycles. The Balaban J connectivity index is 0.000000288. The summed E-state index contributed by atoms with van der Waals surface area (Å²) >= 11 is 1.75. The number of aryl methyl sites for hydroxylation is 2. The van der Waals surface area contributed by atoms with E-state index in [0.717, 1.165) is 48.4 Å². The van der Waals surface area contributed by atoms with Gasteiger partial charge in [-0.1, -0.05) is 0 Å². The third-order valence-electron chi connectivity index (χ3n) is 5.69. The number of nitrogens with one attached hydrogen (secondary N) is 3. The van der Waals surface area contributed by atoms with Gasteiger partial charge in [-0.25, -0.2) is 9.97 Å². The van der Waals surface area contributed by atoms with Crippen LogP contribution in [0.4, 0.5) is 17.3 Å². The molecule has 1 saturated heterocycles. The molecule has 1 aliphatic carbocycles. The van der Waals surface area contributed by atoms with Gasteiger partial charge in [0.15, 0.2) is 0 Å². The number of hydrogen-bond donors (Lipinski definition) is 4. The van der Waals surface area contributed by atoms with E-state index in [1.807, 2.05) is 14.1 Å². The molecule has 4 heterocycles. The molecule has 5 N–H and O–H groups in total. The zero-order chi connectivity index (χ0) is 25.2. The van der Waals surface area contributed by atoms with Gasteiger partial charge in [-0.2, -0.15) is 4.98 Å². The standard InChI is InChI=1S/C17H18N6OS.C5H9NO.C2H7N/c1-24-16-11(6-9(7-18)14(19)23-16)22-15-13-10-4-2-3-5-12(10)25-17(13)21-8-20-15;7-5-6-3-1-2-4-6;1-3-2/h6-8,18H,2-5H2,1H3,(H2,19,23)(H,20,21,22);5H,1-4H2;3H,1-2H3. The molecule has 0 unspecified atom stereocenters. The highest BCUT2D eigenvalue weighted by Gasteiger charge is 2.21. The molecule has 3 aromatic rings. The van der Waals surface area contributed by atoms with Crippen molar-refractivity contribution in [3.8, 4) is 5.88 Å². The van der Waals surface area contributed by atoms with Crippen molar-refractivity contribution in [3.63, 3.8) is 0 Å². The zero-order valence-electron chi connectivity index (χ0n) is 20.6. The summed E-state index contributed by atoms with van der Waals surface area (Å²) in [5.74, 6) is 1.38. The van der Waals surface area contributed by atoms with Gasteiger partial charge in [0.2, 0.25) is 12.3 Å². The molecular formula is C24H34N8O2S. The molecule has 0 radical (unpaired) electrons. The number of likely N-dealkylation sites (tertiary alicyclic amines) is 1. The summed E-state index contributed by atoms with van der Waals surface area (Å²) in [6.45, 7) is 1.95. The van der Waals surface area contributed by atoms with Gasteiger partial charge in [-0.3, -0.25) is 4.79 Å². The summed E-state index contributed by atoms with van der Waals surface area (Å²) in [6, 6.07) is 1.75. The Morgan fingerprint density at radius 1 is 1.17 bits per heavy atom. The molecule has 1 aliphatic heterocycles. The Labute approximate surface area is 209 Å². The van der Waals surface area contributed by atoms with Crippen LogP contribution < -0.4 is 21.1 Å². The lowest BCUT2D eigenvalue weighted by Crippen LogP contribution is -2.15. The summed E-state index contributed by atoms with van der Waals surface area (Å²) < 4.78 is 5.33. The number of nitrogens with zero attached hydrogens (tertiary/aromatic N) is 4. The molecule has 1 amide bonds. The van der Waals surface area contributed by atoms with Crippen molar-refractivity contribution in [1.29, 1.82) is 5.41 Å². The molecule has 11 heteroatoms. The number of fused-ring (bicyclic) bond motifs is 3. The van der Waals surface area contributed by atoms with E-state index in [4.69, 9.17) is 15.9 Å². The Morgan fingerprint density at radius 2 is 1.89 bits per heavy atom. The Bertz CT molecular complexity index is 1140. The molecule has 0 saturated carbocycles. The van der Waals surface area contributed by atoms with E-state index in [2.05, 4.69) is 25.6 Å². The van der Waals surface area contributed by atoms with Crippen LogP contribution in [0.1, 0.15) is 41.7 Å². The summed E-state index contributed by atoms with van der Waals surface area (Å²) in [6.07, 6.45) is 10.6. The Hall–Kier alpha value is -3.31. The number of ether oxygens (including phenoxy) is 1. The summed E-state index contributed by atoms with van der Waals surface area (Å²) in [4.78, 5) is 27.3. The van der Waals surface area contributed by atoms with Crippen LogP contribution in [0.15, 0.2) is 12.4 Å². The highest BCUT2D eigenvalue weighted by molar-refractivity contribution is 7.19. The molecule has 0 bridgehead atoms. The number of carbonyl (C=O) groups excluding carboxylic acids is 1. The van der Waals surface area contributed by atoms with Crippen molar-refractivity contribution in [2.45, 2.75) is 38.5 Å². The summed E-state index contributed by atoms with van der Waals surface area (Å²) in [5, 5.41) is 14.6. The number of methoxy groups -OCH3 is 1. The van der Waals surface area contributed by atoms with Crippen molar-refractivity contribution in [3.05, 3.63) is 28.4 Å². The first-order valence-electron chi connectivity index (χ1n) is 11.7. The van der Waals surface area contributed by atoms with Gasteiger partial charge in [0.1, 0.15) is 28.5 Å². The van der Waals surface area contributed by atoms with Crippen molar-refractivity contribution in [1.82, 2.24) is 25.2 Å². The molecule has 3 aromatic heterocycles. The van der Waals surface area contributed by atoms with Gasteiger partial charge in [0.05, 0.1) is 12.5 Å². The predicted molar refractivity (Wildman–Crippen MR) is 142 cm³/mol. The van der Waals surface area contributed by atoms with Crippen LogP contribution >= 0.6 is 11.3 Å². The smallest absolute Gasteiger partial charge is 0.239 e. The van der Waals surface area contributed by atoms with Crippen LogP contribution in [0.25, 0.3) is 10.2 Å². The molecule has 0 spiro atoms. The average molecular weight is 499 g/mol. The number of aromatic nitrogens is 3. The van der Waals surface area contributed by atoms with E-state index in [-0.39, 0.29) is 5.82 Å². The predicted octanol–water partition coefficient (Wildman–Crippen LogP) is 3.37. The van der Waals surface area contributed by atoms with Crippen molar-refractivity contribution < 1.29 is 9.53 Å². The SMILES string of the molecule is CNC.COc1nc(N)c(C=N)cc1Nc1ncnc2sc3c(c12)CCCC3.O=CN1CCCC1. The van der Waals surface area contributed by atoms with E-state index in [1.165, 1.54) is 42.3 Å². The van der Waals surface area contributed by atoms with Crippen LogP contribution in [0.5, 0.6) is 5.88 Å². The summed E-state index contributed by atoms with van der Waals surface area (Å²) in [7, 11) is 5.29. The minimum Gasteiger partial charge on any atom is -0.479 e. The molecule has 2 aliphatic rings. The second-order valence-corrected chi connectivity index (χ2v) is 9.33. The van der Waals surface area contributed by atoms with Gasteiger partial charge in [-0.05, 0) is 64.3 Å². The molecule has 1 fully saturated rings. The third-order valence-corrected chi connectivity index (χ3v) is 6.89.